The molecule has 4 aromatic rings. The van der Waals surface area contributed by atoms with Crippen molar-refractivity contribution in [2.45, 2.75) is 52.4 Å². The third-order valence-corrected chi connectivity index (χ3v) is 5.65. The van der Waals surface area contributed by atoms with Gasteiger partial charge >= 0.3 is 0 Å². The molecule has 0 saturated carbocycles. The summed E-state index contributed by atoms with van der Waals surface area (Å²) in [6.45, 7) is 13.1. The van der Waals surface area contributed by atoms with E-state index in [1.165, 1.54) is 11.1 Å². The van der Waals surface area contributed by atoms with Crippen LogP contribution in [-0.4, -0.2) is 9.97 Å². The molecule has 0 atom stereocenters. The lowest BCUT2D eigenvalue weighted by Gasteiger charge is -2.19. The fourth-order valence-electron chi connectivity index (χ4n) is 3.58. The molecular formula is C30H32N2O2. The van der Waals surface area contributed by atoms with Crippen LogP contribution in [0.1, 0.15) is 52.7 Å². The molecule has 0 radical (unpaired) electrons. The van der Waals surface area contributed by atoms with Gasteiger partial charge < -0.3 is 9.47 Å². The van der Waals surface area contributed by atoms with Crippen molar-refractivity contribution in [2.24, 2.45) is 0 Å². The standard InChI is InChI=1S/C30H32N2O2/c1-29(2,3)23-13-15-31-27(19-23)33-25-11-7-9-21(17-25)22-10-8-12-26(18-22)34-28-20-24(14-16-32-28)30(4,5)6/h7-20H,1-6H3. The Morgan fingerprint density at radius 1 is 0.529 bits per heavy atom. The topological polar surface area (TPSA) is 44.2 Å². The second kappa shape index (κ2) is 9.30. The van der Waals surface area contributed by atoms with Gasteiger partial charge in [0.05, 0.1) is 0 Å². The largest absolute Gasteiger partial charge is 0.439 e. The molecule has 174 valence electrons. The number of nitrogens with zero attached hydrogens (tertiary/aromatic N) is 2. The van der Waals surface area contributed by atoms with E-state index in [9.17, 15) is 0 Å². The minimum Gasteiger partial charge on any atom is -0.439 e. The van der Waals surface area contributed by atoms with Crippen molar-refractivity contribution >= 4 is 0 Å². The minimum atomic E-state index is 0.0323. The Bertz CT molecular complexity index is 1180. The van der Waals surface area contributed by atoms with Gasteiger partial charge in [-0.1, -0.05) is 65.8 Å². The van der Waals surface area contributed by atoms with Crippen LogP contribution >= 0.6 is 0 Å². The number of rotatable bonds is 5. The van der Waals surface area contributed by atoms with E-state index < -0.39 is 0 Å². The fraction of sp³-hybridized carbons (Fsp3) is 0.267. The molecule has 4 heteroatoms. The minimum absolute atomic E-state index is 0.0323. The van der Waals surface area contributed by atoms with Crippen LogP contribution < -0.4 is 9.47 Å². The molecule has 2 aromatic heterocycles. The molecule has 0 bridgehead atoms. The maximum atomic E-state index is 6.09. The van der Waals surface area contributed by atoms with E-state index in [-0.39, 0.29) is 10.8 Å². The van der Waals surface area contributed by atoms with Crippen molar-refractivity contribution < 1.29 is 9.47 Å². The molecule has 4 nitrogen and oxygen atoms in total. The molecule has 0 spiro atoms. The summed E-state index contributed by atoms with van der Waals surface area (Å²) in [7, 11) is 0. The first-order chi connectivity index (χ1) is 16.1. The molecule has 0 unspecified atom stereocenters. The van der Waals surface area contributed by atoms with Crippen molar-refractivity contribution in [3.05, 3.63) is 96.3 Å². The third kappa shape index (κ3) is 5.82. The number of pyridine rings is 2. The van der Waals surface area contributed by atoms with Gasteiger partial charge in [-0.05, 0) is 69.5 Å². The van der Waals surface area contributed by atoms with Crippen LogP contribution in [0.25, 0.3) is 11.1 Å². The van der Waals surface area contributed by atoms with Crippen molar-refractivity contribution in [2.75, 3.05) is 0 Å². The van der Waals surface area contributed by atoms with Gasteiger partial charge in [-0.2, -0.15) is 0 Å². The lowest BCUT2D eigenvalue weighted by molar-refractivity contribution is 0.458. The smallest absolute Gasteiger partial charge is 0.219 e. The average Bonchev–Trinajstić information content (AvgIpc) is 2.79. The highest BCUT2D eigenvalue weighted by Gasteiger charge is 2.16. The van der Waals surface area contributed by atoms with Gasteiger partial charge in [-0.25, -0.2) is 9.97 Å². The predicted molar refractivity (Wildman–Crippen MR) is 138 cm³/mol. The highest BCUT2D eigenvalue weighted by molar-refractivity contribution is 5.66. The third-order valence-electron chi connectivity index (χ3n) is 5.65. The highest BCUT2D eigenvalue weighted by atomic mass is 16.5. The Hall–Kier alpha value is -3.66. The summed E-state index contributed by atoms with van der Waals surface area (Å²) >= 11 is 0. The van der Waals surface area contributed by atoms with Crippen molar-refractivity contribution in [1.82, 2.24) is 9.97 Å². The molecular weight excluding hydrogens is 420 g/mol. The molecule has 0 aliphatic carbocycles. The Labute approximate surface area is 202 Å². The van der Waals surface area contributed by atoms with Gasteiger partial charge in [-0.3, -0.25) is 0 Å². The maximum Gasteiger partial charge on any atom is 0.219 e. The van der Waals surface area contributed by atoms with E-state index in [1.807, 2.05) is 60.7 Å². The van der Waals surface area contributed by atoms with Gasteiger partial charge in [0.1, 0.15) is 11.5 Å². The predicted octanol–water partition coefficient (Wildman–Crippen LogP) is 8.32. The summed E-state index contributed by atoms with van der Waals surface area (Å²) in [4.78, 5) is 8.77. The van der Waals surface area contributed by atoms with Crippen LogP contribution in [0.5, 0.6) is 23.3 Å². The highest BCUT2D eigenvalue weighted by Crippen LogP contribution is 2.32. The monoisotopic (exact) mass is 452 g/mol. The van der Waals surface area contributed by atoms with Gasteiger partial charge in [0.2, 0.25) is 11.8 Å². The summed E-state index contributed by atoms with van der Waals surface area (Å²) in [5.74, 6) is 2.65. The normalized spacial score (nSPS) is 11.8. The average molecular weight is 453 g/mol. The van der Waals surface area contributed by atoms with E-state index in [0.29, 0.717) is 11.8 Å². The van der Waals surface area contributed by atoms with Gasteiger partial charge in [0.25, 0.3) is 0 Å². The van der Waals surface area contributed by atoms with Gasteiger partial charge in [0.15, 0.2) is 0 Å². The number of hydrogen-bond donors (Lipinski definition) is 0. The Balaban J connectivity index is 1.55. The first-order valence-electron chi connectivity index (χ1n) is 11.6. The van der Waals surface area contributed by atoms with Crippen LogP contribution in [0.4, 0.5) is 0 Å². The summed E-state index contributed by atoms with van der Waals surface area (Å²) in [5.41, 5.74) is 4.50. The van der Waals surface area contributed by atoms with E-state index in [0.717, 1.165) is 22.6 Å². The fourth-order valence-corrected chi connectivity index (χ4v) is 3.58. The van der Waals surface area contributed by atoms with Crippen molar-refractivity contribution in [1.29, 1.82) is 0 Å². The van der Waals surface area contributed by atoms with E-state index in [2.05, 4.69) is 63.6 Å². The second-order valence-corrected chi connectivity index (χ2v) is 10.5. The second-order valence-electron chi connectivity index (χ2n) is 10.5. The molecule has 0 saturated heterocycles. The number of hydrogen-bond acceptors (Lipinski definition) is 4. The summed E-state index contributed by atoms with van der Waals surface area (Å²) in [6.07, 6.45) is 3.59. The van der Waals surface area contributed by atoms with E-state index >= 15 is 0 Å². The molecule has 0 aliphatic rings. The number of benzene rings is 2. The van der Waals surface area contributed by atoms with Crippen LogP contribution in [0.2, 0.25) is 0 Å². The van der Waals surface area contributed by atoms with Gasteiger partial charge in [0, 0.05) is 24.5 Å². The molecule has 2 aromatic carbocycles. The zero-order valence-electron chi connectivity index (χ0n) is 20.8. The molecule has 0 N–H and O–H groups in total. The lowest BCUT2D eigenvalue weighted by atomic mass is 9.88. The van der Waals surface area contributed by atoms with Gasteiger partial charge in [-0.15, -0.1) is 0 Å². The zero-order chi connectivity index (χ0) is 24.3. The molecule has 0 aliphatic heterocycles. The molecule has 0 fully saturated rings. The molecule has 34 heavy (non-hydrogen) atoms. The SMILES string of the molecule is CC(C)(C)c1ccnc(Oc2cccc(-c3cccc(Oc4cc(C(C)(C)C)ccn4)c3)c2)c1. The molecule has 0 amide bonds. The Morgan fingerprint density at radius 3 is 1.32 bits per heavy atom. The summed E-state index contributed by atoms with van der Waals surface area (Å²) < 4.78 is 12.2. The first-order valence-corrected chi connectivity index (χ1v) is 11.6. The van der Waals surface area contributed by atoms with Crippen molar-refractivity contribution in [3.63, 3.8) is 0 Å². The Morgan fingerprint density at radius 2 is 0.941 bits per heavy atom. The first kappa shape index (κ1) is 23.5. The number of aromatic nitrogens is 2. The zero-order valence-corrected chi connectivity index (χ0v) is 20.8. The van der Waals surface area contributed by atoms with Crippen LogP contribution in [0.3, 0.4) is 0 Å². The maximum absolute atomic E-state index is 6.09. The Kier molecular flexibility index (Phi) is 6.43. The molecule has 2 heterocycles. The quantitative estimate of drug-likeness (QED) is 0.305. The van der Waals surface area contributed by atoms with Crippen LogP contribution in [0, 0.1) is 0 Å². The van der Waals surface area contributed by atoms with Crippen LogP contribution in [-0.2, 0) is 10.8 Å². The van der Waals surface area contributed by atoms with Crippen molar-refractivity contribution in [3.8, 4) is 34.4 Å². The van der Waals surface area contributed by atoms with E-state index in [1.54, 1.807) is 12.4 Å². The van der Waals surface area contributed by atoms with Crippen LogP contribution in [0.15, 0.2) is 85.2 Å². The number of ether oxygens (including phenoxy) is 2. The summed E-state index contributed by atoms with van der Waals surface area (Å²) in [6, 6.07) is 24.1. The molecule has 4 rings (SSSR count). The summed E-state index contributed by atoms with van der Waals surface area (Å²) in [5, 5.41) is 0. The lowest BCUT2D eigenvalue weighted by Crippen LogP contribution is -2.11. The van der Waals surface area contributed by atoms with E-state index in [4.69, 9.17) is 9.47 Å².